The van der Waals surface area contributed by atoms with E-state index in [0.717, 1.165) is 5.92 Å². The summed E-state index contributed by atoms with van der Waals surface area (Å²) in [4.78, 5) is 4.90. The lowest BCUT2D eigenvalue weighted by Gasteiger charge is -2.33. The van der Waals surface area contributed by atoms with Crippen LogP contribution in [0.2, 0.25) is 0 Å². The third-order valence-electron chi connectivity index (χ3n) is 3.27. The molecule has 1 fully saturated rings. The molecule has 1 saturated heterocycles. The Bertz CT molecular complexity index is 159. The first kappa shape index (κ1) is 12.9. The Morgan fingerprint density at radius 2 is 2.20 bits per heavy atom. The monoisotopic (exact) mass is 213 g/mol. The molecule has 1 rings (SSSR count). The van der Waals surface area contributed by atoms with Crippen molar-refractivity contribution in [2.24, 2.45) is 5.92 Å². The normalized spacial score (nSPS) is 23.6. The molecule has 0 saturated carbocycles. The van der Waals surface area contributed by atoms with Crippen LogP contribution in [-0.2, 0) is 0 Å². The lowest BCUT2D eigenvalue weighted by atomic mass is 9.95. The number of rotatable bonds is 6. The minimum Gasteiger partial charge on any atom is -0.320 e. The second-order valence-electron chi connectivity index (χ2n) is 5.00. The van der Waals surface area contributed by atoms with Gasteiger partial charge >= 0.3 is 0 Å². The summed E-state index contributed by atoms with van der Waals surface area (Å²) >= 11 is 0. The molecular weight excluding hydrogens is 186 g/mol. The minimum atomic E-state index is 0.924. The molecule has 1 aliphatic rings. The highest BCUT2D eigenvalue weighted by molar-refractivity contribution is 4.73. The maximum Gasteiger partial charge on any atom is 0.0109 e. The third-order valence-corrected chi connectivity index (χ3v) is 3.27. The van der Waals surface area contributed by atoms with E-state index >= 15 is 0 Å². The number of nitrogens with zero attached hydrogens (tertiary/aromatic N) is 2. The SMILES string of the molecule is CNCCC1CCCN(CCN(C)C)C1. The van der Waals surface area contributed by atoms with Gasteiger partial charge in [0.1, 0.15) is 0 Å². The van der Waals surface area contributed by atoms with Gasteiger partial charge in [-0.25, -0.2) is 0 Å². The summed E-state index contributed by atoms with van der Waals surface area (Å²) in [6.07, 6.45) is 4.16. The molecule has 3 nitrogen and oxygen atoms in total. The molecular formula is C12H27N3. The molecule has 90 valence electrons. The molecule has 0 spiro atoms. The molecule has 0 aromatic rings. The van der Waals surface area contributed by atoms with Gasteiger partial charge in [-0.05, 0) is 59.4 Å². The lowest BCUT2D eigenvalue weighted by Crippen LogP contribution is -2.40. The van der Waals surface area contributed by atoms with E-state index in [1.54, 1.807) is 0 Å². The van der Waals surface area contributed by atoms with Crippen LogP contribution in [0.4, 0.5) is 0 Å². The van der Waals surface area contributed by atoms with E-state index in [1.807, 2.05) is 7.05 Å². The van der Waals surface area contributed by atoms with Gasteiger partial charge in [0.15, 0.2) is 0 Å². The van der Waals surface area contributed by atoms with E-state index in [2.05, 4.69) is 29.2 Å². The van der Waals surface area contributed by atoms with Gasteiger partial charge in [-0.1, -0.05) is 0 Å². The molecule has 0 radical (unpaired) electrons. The van der Waals surface area contributed by atoms with Crippen LogP contribution >= 0.6 is 0 Å². The summed E-state index contributed by atoms with van der Waals surface area (Å²) in [7, 11) is 6.36. The summed E-state index contributed by atoms with van der Waals surface area (Å²) in [6, 6.07) is 0. The van der Waals surface area contributed by atoms with Crippen molar-refractivity contribution in [3.8, 4) is 0 Å². The first-order chi connectivity index (χ1) is 7.22. The minimum absolute atomic E-state index is 0.924. The topological polar surface area (TPSA) is 18.5 Å². The van der Waals surface area contributed by atoms with Crippen molar-refractivity contribution in [1.29, 1.82) is 0 Å². The van der Waals surface area contributed by atoms with Gasteiger partial charge in [-0.15, -0.1) is 0 Å². The van der Waals surface area contributed by atoms with Crippen molar-refractivity contribution >= 4 is 0 Å². The number of likely N-dealkylation sites (tertiary alicyclic amines) is 1. The van der Waals surface area contributed by atoms with Gasteiger partial charge in [0.2, 0.25) is 0 Å². The van der Waals surface area contributed by atoms with Crippen LogP contribution < -0.4 is 5.32 Å². The van der Waals surface area contributed by atoms with Crippen LogP contribution in [0.25, 0.3) is 0 Å². The smallest absolute Gasteiger partial charge is 0.0109 e. The Balaban J connectivity index is 2.17. The standard InChI is InChI=1S/C12H27N3/c1-13-7-6-12-5-4-8-15(11-12)10-9-14(2)3/h12-13H,4-11H2,1-3H3. The van der Waals surface area contributed by atoms with Crippen molar-refractivity contribution in [3.05, 3.63) is 0 Å². The van der Waals surface area contributed by atoms with E-state index in [-0.39, 0.29) is 0 Å². The van der Waals surface area contributed by atoms with Gasteiger partial charge in [0.05, 0.1) is 0 Å². The van der Waals surface area contributed by atoms with Gasteiger partial charge in [-0.2, -0.15) is 0 Å². The van der Waals surface area contributed by atoms with Crippen LogP contribution in [0.15, 0.2) is 0 Å². The second kappa shape index (κ2) is 7.20. The fraction of sp³-hybridized carbons (Fsp3) is 1.00. The molecule has 15 heavy (non-hydrogen) atoms. The van der Waals surface area contributed by atoms with Crippen molar-refractivity contribution in [2.75, 3.05) is 53.9 Å². The number of piperidine rings is 1. The average molecular weight is 213 g/mol. The highest BCUT2D eigenvalue weighted by Crippen LogP contribution is 2.18. The maximum atomic E-state index is 3.25. The molecule has 0 bridgehead atoms. The lowest BCUT2D eigenvalue weighted by molar-refractivity contribution is 0.157. The van der Waals surface area contributed by atoms with E-state index in [0.29, 0.717) is 0 Å². The summed E-state index contributed by atoms with van der Waals surface area (Å²) < 4.78 is 0. The van der Waals surface area contributed by atoms with E-state index in [9.17, 15) is 0 Å². The fourth-order valence-electron chi connectivity index (χ4n) is 2.28. The predicted octanol–water partition coefficient (Wildman–Crippen LogP) is 0.870. The van der Waals surface area contributed by atoms with E-state index < -0.39 is 0 Å². The zero-order valence-corrected chi connectivity index (χ0v) is 10.6. The van der Waals surface area contributed by atoms with Crippen LogP contribution in [0.1, 0.15) is 19.3 Å². The maximum absolute atomic E-state index is 3.25. The zero-order valence-electron chi connectivity index (χ0n) is 10.6. The van der Waals surface area contributed by atoms with Crippen molar-refractivity contribution in [1.82, 2.24) is 15.1 Å². The molecule has 0 aromatic heterocycles. The Kier molecular flexibility index (Phi) is 6.22. The van der Waals surface area contributed by atoms with Crippen LogP contribution in [0.5, 0.6) is 0 Å². The summed E-state index contributed by atoms with van der Waals surface area (Å²) in [5.74, 6) is 0.924. The highest BCUT2D eigenvalue weighted by Gasteiger charge is 2.18. The number of hydrogen-bond donors (Lipinski definition) is 1. The van der Waals surface area contributed by atoms with E-state index in [4.69, 9.17) is 0 Å². The molecule has 1 N–H and O–H groups in total. The van der Waals surface area contributed by atoms with E-state index in [1.165, 1.54) is 52.0 Å². The molecule has 1 unspecified atom stereocenters. The second-order valence-corrected chi connectivity index (χ2v) is 5.00. The fourth-order valence-corrected chi connectivity index (χ4v) is 2.28. The molecule has 1 aliphatic heterocycles. The van der Waals surface area contributed by atoms with Gasteiger partial charge < -0.3 is 15.1 Å². The third kappa shape index (κ3) is 5.50. The van der Waals surface area contributed by atoms with Crippen LogP contribution in [0.3, 0.4) is 0 Å². The first-order valence-electron chi connectivity index (χ1n) is 6.24. The Morgan fingerprint density at radius 3 is 2.87 bits per heavy atom. The summed E-state index contributed by atoms with van der Waals surface area (Å²) in [5, 5.41) is 3.25. The quantitative estimate of drug-likeness (QED) is 0.706. The predicted molar refractivity (Wildman–Crippen MR) is 66.3 cm³/mol. The highest BCUT2D eigenvalue weighted by atomic mass is 15.2. The van der Waals surface area contributed by atoms with Crippen molar-refractivity contribution in [3.63, 3.8) is 0 Å². The number of likely N-dealkylation sites (N-methyl/N-ethyl adjacent to an activating group) is 1. The molecule has 1 heterocycles. The molecule has 1 atom stereocenters. The molecule has 0 aliphatic carbocycles. The average Bonchev–Trinajstić information content (AvgIpc) is 2.24. The van der Waals surface area contributed by atoms with Crippen LogP contribution in [0, 0.1) is 5.92 Å². The number of nitrogens with one attached hydrogen (secondary N) is 1. The molecule has 0 aromatic carbocycles. The molecule has 0 amide bonds. The zero-order chi connectivity index (χ0) is 11.1. The Hall–Kier alpha value is -0.120. The van der Waals surface area contributed by atoms with Crippen molar-refractivity contribution < 1.29 is 0 Å². The van der Waals surface area contributed by atoms with Gasteiger partial charge in [0.25, 0.3) is 0 Å². The number of hydrogen-bond acceptors (Lipinski definition) is 3. The van der Waals surface area contributed by atoms with Crippen molar-refractivity contribution in [2.45, 2.75) is 19.3 Å². The Labute approximate surface area is 94.8 Å². The Morgan fingerprint density at radius 1 is 1.40 bits per heavy atom. The summed E-state index contributed by atoms with van der Waals surface area (Å²) in [6.45, 7) is 6.23. The summed E-state index contributed by atoms with van der Waals surface area (Å²) in [5.41, 5.74) is 0. The largest absolute Gasteiger partial charge is 0.320 e. The van der Waals surface area contributed by atoms with Gasteiger partial charge in [-0.3, -0.25) is 0 Å². The van der Waals surface area contributed by atoms with Crippen LogP contribution in [-0.4, -0.2) is 63.7 Å². The van der Waals surface area contributed by atoms with Gasteiger partial charge in [0, 0.05) is 19.6 Å². The molecule has 3 heteroatoms. The first-order valence-corrected chi connectivity index (χ1v) is 6.24.